The first-order valence-corrected chi connectivity index (χ1v) is 13.1. The average Bonchev–Trinajstić information content (AvgIpc) is 3.04. The molecule has 0 nitrogen and oxygen atoms in total. The minimum Gasteiger partial charge on any atom is -0.0880 e. The molecule has 4 aliphatic rings. The van der Waals surface area contributed by atoms with Crippen molar-refractivity contribution in [2.45, 2.75) is 106 Å². The Morgan fingerprint density at radius 1 is 1.00 bits per heavy atom. The molecule has 0 saturated heterocycles. The lowest BCUT2D eigenvalue weighted by molar-refractivity contribution is -0.0491. The molecule has 0 radical (unpaired) electrons. The monoisotopic (exact) mass is 396 g/mol. The first-order chi connectivity index (χ1) is 13.8. The van der Waals surface area contributed by atoms with Gasteiger partial charge in [-0.3, -0.25) is 0 Å². The lowest BCUT2D eigenvalue weighted by Crippen LogP contribution is -2.50. The van der Waals surface area contributed by atoms with Crippen LogP contribution in [-0.4, -0.2) is 0 Å². The van der Waals surface area contributed by atoms with Crippen molar-refractivity contribution in [1.82, 2.24) is 0 Å². The molecule has 0 spiro atoms. The van der Waals surface area contributed by atoms with Crippen molar-refractivity contribution in [3.8, 4) is 0 Å². The molecular weight excluding hydrogens is 348 g/mol. The van der Waals surface area contributed by atoms with Crippen LogP contribution in [-0.2, 0) is 0 Å². The summed E-state index contributed by atoms with van der Waals surface area (Å²) in [6.07, 6.45) is 22.3. The molecular formula is C29H48. The highest BCUT2D eigenvalue weighted by Crippen LogP contribution is 2.67. The maximum atomic E-state index is 2.73. The molecule has 29 heavy (non-hydrogen) atoms. The van der Waals surface area contributed by atoms with Crippen molar-refractivity contribution in [3.05, 3.63) is 23.8 Å². The molecule has 8 unspecified atom stereocenters. The van der Waals surface area contributed by atoms with Gasteiger partial charge < -0.3 is 0 Å². The summed E-state index contributed by atoms with van der Waals surface area (Å²) in [6, 6.07) is 0. The largest absolute Gasteiger partial charge is 0.0880 e. The summed E-state index contributed by atoms with van der Waals surface area (Å²) in [4.78, 5) is 0. The third kappa shape index (κ3) is 3.70. The van der Waals surface area contributed by atoms with E-state index in [1.54, 1.807) is 0 Å². The van der Waals surface area contributed by atoms with E-state index >= 15 is 0 Å². The predicted octanol–water partition coefficient (Wildman–Crippen LogP) is 8.83. The SMILES string of the molecule is CC(C)C(C)/C=C/CC(C)C1CCC2C3CC=C4CCCCC4(C)C3CCC12C. The fourth-order valence-electron chi connectivity index (χ4n) is 8.57. The number of rotatable bonds is 5. The van der Waals surface area contributed by atoms with Gasteiger partial charge in [-0.1, -0.05) is 71.8 Å². The van der Waals surface area contributed by atoms with Crippen LogP contribution in [0.1, 0.15) is 106 Å². The van der Waals surface area contributed by atoms with E-state index in [0.29, 0.717) is 16.7 Å². The second kappa shape index (κ2) is 8.20. The lowest BCUT2D eigenvalue weighted by atomic mass is 9.47. The fourth-order valence-corrected chi connectivity index (χ4v) is 8.57. The van der Waals surface area contributed by atoms with Gasteiger partial charge in [-0.2, -0.15) is 0 Å². The molecule has 4 rings (SSSR count). The summed E-state index contributed by atoms with van der Waals surface area (Å²) in [7, 11) is 0. The molecule has 0 heterocycles. The Bertz CT molecular complexity index is 638. The van der Waals surface area contributed by atoms with Crippen molar-refractivity contribution in [2.24, 2.45) is 52.3 Å². The summed E-state index contributed by atoms with van der Waals surface area (Å²) in [6.45, 7) is 15.0. The Morgan fingerprint density at radius 3 is 2.55 bits per heavy atom. The smallest absolute Gasteiger partial charge is 0.00853 e. The van der Waals surface area contributed by atoms with Gasteiger partial charge in [-0.25, -0.2) is 0 Å². The molecule has 0 aromatic heterocycles. The van der Waals surface area contributed by atoms with E-state index < -0.39 is 0 Å². The topological polar surface area (TPSA) is 0 Å². The van der Waals surface area contributed by atoms with Crippen LogP contribution < -0.4 is 0 Å². The third-order valence-corrected chi connectivity index (χ3v) is 10.8. The Labute approximate surface area is 182 Å². The van der Waals surface area contributed by atoms with Crippen LogP contribution in [0.25, 0.3) is 0 Å². The van der Waals surface area contributed by atoms with Gasteiger partial charge in [-0.15, -0.1) is 0 Å². The summed E-state index contributed by atoms with van der Waals surface area (Å²) in [5, 5.41) is 0. The number of hydrogen-bond donors (Lipinski definition) is 0. The van der Waals surface area contributed by atoms with Crippen LogP contribution in [0, 0.1) is 52.3 Å². The van der Waals surface area contributed by atoms with Crippen LogP contribution in [0.4, 0.5) is 0 Å². The van der Waals surface area contributed by atoms with Crippen molar-refractivity contribution in [1.29, 1.82) is 0 Å². The van der Waals surface area contributed by atoms with Crippen molar-refractivity contribution in [3.63, 3.8) is 0 Å². The number of fused-ring (bicyclic) bond motifs is 5. The van der Waals surface area contributed by atoms with Crippen LogP contribution in [0.15, 0.2) is 23.8 Å². The Kier molecular flexibility index (Phi) is 6.14. The van der Waals surface area contributed by atoms with E-state index in [1.165, 1.54) is 64.2 Å². The number of allylic oxidation sites excluding steroid dienone is 4. The highest BCUT2D eigenvalue weighted by Gasteiger charge is 2.58. The second-order valence-electron chi connectivity index (χ2n) is 12.4. The van der Waals surface area contributed by atoms with Crippen LogP contribution in [0.3, 0.4) is 0 Å². The van der Waals surface area contributed by atoms with Gasteiger partial charge >= 0.3 is 0 Å². The van der Waals surface area contributed by atoms with E-state index in [2.05, 4.69) is 59.8 Å². The zero-order chi connectivity index (χ0) is 20.8. The van der Waals surface area contributed by atoms with Crippen LogP contribution in [0.5, 0.6) is 0 Å². The molecule has 3 saturated carbocycles. The summed E-state index contributed by atoms with van der Waals surface area (Å²) in [5.74, 6) is 6.22. The van der Waals surface area contributed by atoms with Crippen molar-refractivity contribution < 1.29 is 0 Å². The maximum Gasteiger partial charge on any atom is -0.00853 e. The van der Waals surface area contributed by atoms with E-state index in [9.17, 15) is 0 Å². The van der Waals surface area contributed by atoms with Gasteiger partial charge in [0.1, 0.15) is 0 Å². The van der Waals surface area contributed by atoms with Gasteiger partial charge in [0.05, 0.1) is 0 Å². The highest BCUT2D eigenvalue weighted by atomic mass is 14.6. The first kappa shape index (κ1) is 21.7. The molecule has 0 amide bonds. The molecule has 0 aromatic carbocycles. The van der Waals surface area contributed by atoms with Crippen LogP contribution in [0.2, 0.25) is 0 Å². The Hall–Kier alpha value is -0.520. The van der Waals surface area contributed by atoms with E-state index in [0.717, 1.165) is 35.5 Å². The molecule has 8 atom stereocenters. The molecule has 0 aromatic rings. The molecule has 0 heteroatoms. The van der Waals surface area contributed by atoms with Gasteiger partial charge in [0.15, 0.2) is 0 Å². The van der Waals surface area contributed by atoms with Gasteiger partial charge in [0, 0.05) is 0 Å². The van der Waals surface area contributed by atoms with Crippen molar-refractivity contribution in [2.75, 3.05) is 0 Å². The molecule has 3 fully saturated rings. The second-order valence-corrected chi connectivity index (χ2v) is 12.4. The van der Waals surface area contributed by atoms with E-state index in [4.69, 9.17) is 0 Å². The third-order valence-electron chi connectivity index (χ3n) is 10.8. The lowest BCUT2D eigenvalue weighted by Gasteiger charge is -2.58. The minimum absolute atomic E-state index is 0.557. The zero-order valence-electron chi connectivity index (χ0n) is 20.3. The summed E-state index contributed by atoms with van der Waals surface area (Å²) >= 11 is 0. The van der Waals surface area contributed by atoms with Gasteiger partial charge in [0.2, 0.25) is 0 Å². The minimum atomic E-state index is 0.557. The van der Waals surface area contributed by atoms with Crippen molar-refractivity contribution >= 4 is 0 Å². The maximum absolute atomic E-state index is 2.73. The highest BCUT2D eigenvalue weighted by molar-refractivity contribution is 5.24. The number of hydrogen-bond acceptors (Lipinski definition) is 0. The molecule has 0 aliphatic heterocycles. The van der Waals surface area contributed by atoms with Gasteiger partial charge in [-0.05, 0) is 110 Å². The normalized spacial score (nSPS) is 44.2. The first-order valence-electron chi connectivity index (χ1n) is 13.1. The Balaban J connectivity index is 1.47. The molecule has 164 valence electrons. The fraction of sp³-hybridized carbons (Fsp3) is 0.862. The van der Waals surface area contributed by atoms with Crippen LogP contribution >= 0.6 is 0 Å². The molecule has 0 N–H and O–H groups in total. The standard InChI is InChI=1S/C29H48/c1-20(2)21(3)10-9-11-22(4)25-15-16-26-24-14-13-23-12-7-8-18-28(23,5)27(24)17-19-29(25,26)6/h9-10,13,20-22,24-27H,7-8,11-12,14-19H2,1-6H3/b10-9+. The summed E-state index contributed by atoms with van der Waals surface area (Å²) < 4.78 is 0. The molecule has 0 bridgehead atoms. The average molecular weight is 397 g/mol. The Morgan fingerprint density at radius 2 is 1.79 bits per heavy atom. The molecule has 4 aliphatic carbocycles. The van der Waals surface area contributed by atoms with E-state index in [1.807, 2.05) is 5.57 Å². The van der Waals surface area contributed by atoms with Gasteiger partial charge in [0.25, 0.3) is 0 Å². The van der Waals surface area contributed by atoms with E-state index in [-0.39, 0.29) is 0 Å². The summed E-state index contributed by atoms with van der Waals surface area (Å²) in [5.41, 5.74) is 3.03. The predicted molar refractivity (Wildman–Crippen MR) is 127 cm³/mol. The quantitative estimate of drug-likeness (QED) is 0.407. The zero-order valence-corrected chi connectivity index (χ0v) is 20.3.